The zero-order valence-electron chi connectivity index (χ0n) is 16.3. The Balaban J connectivity index is 1.45. The van der Waals surface area contributed by atoms with Crippen LogP contribution in [-0.2, 0) is 16.6 Å². The molecule has 1 aliphatic carbocycles. The highest BCUT2D eigenvalue weighted by molar-refractivity contribution is 7.92. The van der Waals surface area contributed by atoms with E-state index in [2.05, 4.69) is 15.0 Å². The number of benzene rings is 2. The van der Waals surface area contributed by atoms with Gasteiger partial charge in [-0.2, -0.15) is 5.10 Å². The number of nitrogens with zero attached hydrogens (tertiary/aromatic N) is 3. The van der Waals surface area contributed by atoms with Crippen LogP contribution in [0.5, 0.6) is 5.75 Å². The number of nitrogens with one attached hydrogen (secondary N) is 1. The molecule has 8 nitrogen and oxygen atoms in total. The third-order valence-corrected chi connectivity index (χ3v) is 6.56. The van der Waals surface area contributed by atoms with Gasteiger partial charge in [-0.05, 0) is 60.2 Å². The average molecular weight is 424 g/mol. The number of sulfonamides is 1. The van der Waals surface area contributed by atoms with E-state index in [-0.39, 0.29) is 10.7 Å². The highest BCUT2D eigenvalue weighted by atomic mass is 32.2. The minimum absolute atomic E-state index is 0.0980. The summed E-state index contributed by atoms with van der Waals surface area (Å²) < 4.78 is 41.2. The number of ether oxygens (including phenoxy) is 1. The third kappa shape index (κ3) is 3.52. The van der Waals surface area contributed by atoms with Gasteiger partial charge >= 0.3 is 0 Å². The van der Waals surface area contributed by atoms with Gasteiger partial charge in [-0.3, -0.25) is 9.40 Å². The molecule has 1 aliphatic rings. The first-order valence-corrected chi connectivity index (χ1v) is 11.1. The zero-order chi connectivity index (χ0) is 20.7. The van der Waals surface area contributed by atoms with Gasteiger partial charge in [0.2, 0.25) is 0 Å². The number of fused-ring (bicyclic) bond motifs is 1. The van der Waals surface area contributed by atoms with Crippen molar-refractivity contribution in [2.45, 2.75) is 30.2 Å². The summed E-state index contributed by atoms with van der Waals surface area (Å²) in [7, 11) is -2.45. The summed E-state index contributed by atoms with van der Waals surface area (Å²) in [5, 5.41) is 8.71. The lowest BCUT2D eigenvalue weighted by molar-refractivity contribution is 0.402. The van der Waals surface area contributed by atoms with Crippen LogP contribution < -0.4 is 9.46 Å². The Morgan fingerprint density at radius 3 is 2.83 bits per heavy atom. The highest BCUT2D eigenvalue weighted by Gasteiger charge is 2.28. The van der Waals surface area contributed by atoms with Gasteiger partial charge < -0.3 is 9.26 Å². The van der Waals surface area contributed by atoms with Crippen molar-refractivity contribution in [3.63, 3.8) is 0 Å². The lowest BCUT2D eigenvalue weighted by atomic mass is 10.1. The van der Waals surface area contributed by atoms with Gasteiger partial charge in [0, 0.05) is 12.4 Å². The number of hydrogen-bond acceptors (Lipinski definition) is 6. The molecule has 0 unspecified atom stereocenters. The molecule has 0 bridgehead atoms. The number of methoxy groups -OCH3 is 1. The minimum atomic E-state index is -3.91. The molecule has 2 aromatic carbocycles. The van der Waals surface area contributed by atoms with Crippen molar-refractivity contribution in [2.24, 2.45) is 0 Å². The van der Waals surface area contributed by atoms with E-state index in [0.29, 0.717) is 29.2 Å². The van der Waals surface area contributed by atoms with Gasteiger partial charge in [-0.15, -0.1) is 0 Å². The predicted octanol–water partition coefficient (Wildman–Crippen LogP) is 3.76. The molecule has 5 rings (SSSR count). The number of rotatable bonds is 7. The van der Waals surface area contributed by atoms with Crippen molar-refractivity contribution >= 4 is 26.8 Å². The topological polar surface area (TPSA) is 99.3 Å². The molecular formula is C21H20N4O4S. The van der Waals surface area contributed by atoms with E-state index in [0.717, 1.165) is 24.0 Å². The van der Waals surface area contributed by atoms with E-state index >= 15 is 0 Å². The van der Waals surface area contributed by atoms with Crippen LogP contribution in [-0.4, -0.2) is 30.5 Å². The highest BCUT2D eigenvalue weighted by Crippen LogP contribution is 2.42. The monoisotopic (exact) mass is 424 g/mol. The quantitative estimate of drug-likeness (QED) is 0.485. The predicted molar refractivity (Wildman–Crippen MR) is 111 cm³/mol. The molecule has 0 atom stereocenters. The second-order valence-electron chi connectivity index (χ2n) is 7.36. The summed E-state index contributed by atoms with van der Waals surface area (Å²) in [5.74, 6) is 0.863. The molecular weight excluding hydrogens is 404 g/mol. The first-order valence-electron chi connectivity index (χ1n) is 9.60. The molecule has 0 aliphatic heterocycles. The second kappa shape index (κ2) is 7.17. The van der Waals surface area contributed by atoms with Crippen LogP contribution in [0, 0.1) is 0 Å². The molecule has 0 radical (unpaired) electrons. The van der Waals surface area contributed by atoms with E-state index in [1.807, 2.05) is 30.5 Å². The zero-order valence-corrected chi connectivity index (χ0v) is 17.1. The van der Waals surface area contributed by atoms with E-state index in [9.17, 15) is 8.42 Å². The fraction of sp³-hybridized carbons (Fsp3) is 0.238. The molecule has 1 saturated carbocycles. The molecule has 154 valence electrons. The van der Waals surface area contributed by atoms with Gasteiger partial charge in [-0.25, -0.2) is 8.42 Å². The molecule has 0 amide bonds. The fourth-order valence-corrected chi connectivity index (χ4v) is 4.71. The average Bonchev–Trinajstić information content (AvgIpc) is 3.34. The largest absolute Gasteiger partial charge is 0.495 e. The van der Waals surface area contributed by atoms with Crippen molar-refractivity contribution in [1.82, 2.24) is 14.9 Å². The van der Waals surface area contributed by atoms with Gasteiger partial charge in [0.05, 0.1) is 19.0 Å². The molecule has 4 aromatic rings. The minimum Gasteiger partial charge on any atom is -0.495 e. The molecule has 0 spiro atoms. The molecule has 1 fully saturated rings. The second-order valence-corrected chi connectivity index (χ2v) is 9.01. The molecule has 9 heteroatoms. The Morgan fingerprint density at radius 2 is 2.10 bits per heavy atom. The van der Waals surface area contributed by atoms with Crippen LogP contribution in [0.3, 0.4) is 0 Å². The standard InChI is InChI=1S/C21H20N4O4S/c1-28-18-8-6-16(15-4-5-15)12-20(18)30(26,27)24-21-17-7-3-14(11-19(17)29-23-21)13-25-10-2-9-22-25/h2-3,6-12,15H,4-5,13H2,1H3,(H,23,24). The maximum absolute atomic E-state index is 13.1. The van der Waals surface area contributed by atoms with Gasteiger partial charge in [0.1, 0.15) is 10.6 Å². The van der Waals surface area contributed by atoms with Crippen molar-refractivity contribution in [3.8, 4) is 5.75 Å². The number of anilines is 1. The van der Waals surface area contributed by atoms with Crippen molar-refractivity contribution in [1.29, 1.82) is 0 Å². The maximum Gasteiger partial charge on any atom is 0.266 e. The molecule has 2 heterocycles. The Labute approximate surface area is 173 Å². The summed E-state index contributed by atoms with van der Waals surface area (Å²) >= 11 is 0. The summed E-state index contributed by atoms with van der Waals surface area (Å²) in [6.07, 6.45) is 5.74. The molecule has 2 aromatic heterocycles. The van der Waals surface area contributed by atoms with Crippen molar-refractivity contribution in [3.05, 3.63) is 66.0 Å². The van der Waals surface area contributed by atoms with Gasteiger partial charge in [0.15, 0.2) is 11.4 Å². The first kappa shape index (κ1) is 18.7. The van der Waals surface area contributed by atoms with E-state index in [4.69, 9.17) is 9.26 Å². The van der Waals surface area contributed by atoms with Crippen molar-refractivity contribution in [2.75, 3.05) is 11.8 Å². The first-order chi connectivity index (χ1) is 14.5. The third-order valence-electron chi connectivity index (χ3n) is 5.20. The lowest BCUT2D eigenvalue weighted by Crippen LogP contribution is -2.15. The summed E-state index contributed by atoms with van der Waals surface area (Å²) in [5.41, 5.74) is 2.47. The Kier molecular flexibility index (Phi) is 4.47. The van der Waals surface area contributed by atoms with Crippen LogP contribution >= 0.6 is 0 Å². The molecule has 30 heavy (non-hydrogen) atoms. The molecule has 1 N–H and O–H groups in total. The fourth-order valence-electron chi connectivity index (χ4n) is 3.49. The van der Waals surface area contributed by atoms with Crippen LogP contribution in [0.15, 0.2) is 64.3 Å². The number of aromatic nitrogens is 3. The lowest BCUT2D eigenvalue weighted by Gasteiger charge is -2.12. The Hall–Kier alpha value is -3.33. The summed E-state index contributed by atoms with van der Waals surface area (Å²) in [6.45, 7) is 0.579. The smallest absolute Gasteiger partial charge is 0.266 e. The number of hydrogen-bond donors (Lipinski definition) is 1. The van der Waals surface area contributed by atoms with Crippen LogP contribution in [0.1, 0.15) is 29.9 Å². The SMILES string of the molecule is COc1ccc(C2CC2)cc1S(=O)(=O)Nc1noc2cc(Cn3cccn3)ccc12. The van der Waals surface area contributed by atoms with Gasteiger partial charge in [-0.1, -0.05) is 17.3 Å². The summed E-state index contributed by atoms with van der Waals surface area (Å²) in [4.78, 5) is 0.0980. The maximum atomic E-state index is 13.1. The normalized spacial score (nSPS) is 14.2. The summed E-state index contributed by atoms with van der Waals surface area (Å²) in [6, 6.07) is 12.7. The Bertz CT molecular complexity index is 1310. The van der Waals surface area contributed by atoms with Gasteiger partial charge in [0.25, 0.3) is 10.0 Å². The van der Waals surface area contributed by atoms with E-state index in [1.165, 1.54) is 7.11 Å². The van der Waals surface area contributed by atoms with E-state index in [1.54, 1.807) is 29.1 Å². The molecule has 0 saturated heterocycles. The van der Waals surface area contributed by atoms with Crippen molar-refractivity contribution < 1.29 is 17.7 Å². The van der Waals surface area contributed by atoms with Crippen LogP contribution in [0.4, 0.5) is 5.82 Å². The van der Waals surface area contributed by atoms with Crippen LogP contribution in [0.2, 0.25) is 0 Å². The Morgan fingerprint density at radius 1 is 1.23 bits per heavy atom. The van der Waals surface area contributed by atoms with Crippen LogP contribution in [0.25, 0.3) is 11.0 Å². The van der Waals surface area contributed by atoms with E-state index < -0.39 is 10.0 Å².